The number of rotatable bonds is 0. The number of aliphatic hydroxyl groups is 1. The number of amidine groups is 1. The lowest BCUT2D eigenvalue weighted by Gasteiger charge is -2.30. The maximum absolute atomic E-state index is 13.7. The Balaban J connectivity index is 1.47. The summed E-state index contributed by atoms with van der Waals surface area (Å²) in [5, 5.41) is 10.6. The quantitative estimate of drug-likeness (QED) is 0.742. The Morgan fingerprint density at radius 3 is 2.77 bits per heavy atom. The molecule has 3 aliphatic rings. The topological polar surface area (TPSA) is 48.7 Å². The molecule has 2 unspecified atom stereocenters. The van der Waals surface area contributed by atoms with Crippen molar-refractivity contribution in [1.82, 2.24) is 9.88 Å². The summed E-state index contributed by atoms with van der Waals surface area (Å²) in [6, 6.07) is 10.9. The number of fused-ring (bicyclic) bond motifs is 2. The highest BCUT2D eigenvalue weighted by Gasteiger charge is 2.74. The number of aliphatic hydroxyl groups excluding tert-OH is 1. The zero-order chi connectivity index (χ0) is 17.9. The number of hydrogen-bond acceptors (Lipinski definition) is 4. The van der Waals surface area contributed by atoms with Crippen molar-refractivity contribution in [2.45, 2.75) is 25.0 Å². The Labute approximate surface area is 149 Å². The van der Waals surface area contributed by atoms with E-state index in [1.807, 2.05) is 18.2 Å². The second-order valence-electron chi connectivity index (χ2n) is 7.11. The number of aromatic nitrogens is 1. The van der Waals surface area contributed by atoms with E-state index >= 15 is 0 Å². The molecule has 4 nitrogen and oxygen atoms in total. The van der Waals surface area contributed by atoms with Crippen LogP contribution in [0.15, 0.2) is 47.6 Å². The second-order valence-corrected chi connectivity index (χ2v) is 7.11. The van der Waals surface area contributed by atoms with Crippen LogP contribution in [0, 0.1) is 17.3 Å². The van der Waals surface area contributed by atoms with E-state index in [4.69, 9.17) is 0 Å². The predicted octanol–water partition coefficient (Wildman–Crippen LogP) is 3.25. The molecule has 1 spiro atoms. The fraction of sp³-hybridized carbons (Fsp3) is 0.300. The number of hydrogen-bond donors (Lipinski definition) is 1. The molecule has 1 aliphatic carbocycles. The zero-order valence-corrected chi connectivity index (χ0v) is 13.8. The predicted molar refractivity (Wildman–Crippen MR) is 92.0 cm³/mol. The van der Waals surface area contributed by atoms with Crippen LogP contribution in [0.1, 0.15) is 35.9 Å². The minimum absolute atomic E-state index is 0.126. The van der Waals surface area contributed by atoms with E-state index in [0.29, 0.717) is 22.8 Å². The van der Waals surface area contributed by atoms with Gasteiger partial charge < -0.3 is 10.0 Å². The Kier molecular flexibility index (Phi) is 3.05. The van der Waals surface area contributed by atoms with Crippen molar-refractivity contribution in [3.05, 3.63) is 59.4 Å². The van der Waals surface area contributed by atoms with Crippen LogP contribution in [0.2, 0.25) is 0 Å². The third-order valence-electron chi connectivity index (χ3n) is 5.37. The van der Waals surface area contributed by atoms with Crippen LogP contribution in [-0.2, 0) is 0 Å². The highest BCUT2D eigenvalue weighted by Crippen LogP contribution is 2.66. The van der Waals surface area contributed by atoms with E-state index in [1.54, 1.807) is 29.3 Å². The minimum Gasteiger partial charge on any atom is -0.369 e. The van der Waals surface area contributed by atoms with Crippen LogP contribution in [0.4, 0.5) is 14.5 Å². The van der Waals surface area contributed by atoms with Crippen LogP contribution in [0.5, 0.6) is 0 Å². The van der Waals surface area contributed by atoms with E-state index in [9.17, 15) is 13.9 Å². The van der Waals surface area contributed by atoms with Crippen molar-refractivity contribution in [2.75, 3.05) is 6.54 Å². The molecule has 0 radical (unpaired) electrons. The van der Waals surface area contributed by atoms with Gasteiger partial charge in [-0.3, -0.25) is 0 Å². The van der Waals surface area contributed by atoms with Crippen molar-refractivity contribution in [2.24, 2.45) is 10.4 Å². The van der Waals surface area contributed by atoms with Gasteiger partial charge in [0.2, 0.25) is 0 Å². The number of benzene rings is 1. The van der Waals surface area contributed by atoms with E-state index in [-0.39, 0.29) is 19.4 Å². The summed E-state index contributed by atoms with van der Waals surface area (Å²) >= 11 is 0. The molecule has 1 aromatic carbocycles. The lowest BCUT2D eigenvalue weighted by atomic mass is 10.1. The van der Waals surface area contributed by atoms with E-state index in [1.165, 1.54) is 0 Å². The molecule has 130 valence electrons. The first-order chi connectivity index (χ1) is 12.5. The lowest BCUT2D eigenvalue weighted by Crippen LogP contribution is -2.33. The first-order valence-electron chi connectivity index (χ1n) is 8.45. The van der Waals surface area contributed by atoms with Gasteiger partial charge in [-0.2, -0.15) is 0 Å². The van der Waals surface area contributed by atoms with Crippen LogP contribution in [0.25, 0.3) is 0 Å². The normalized spacial score (nSPS) is 27.3. The molecule has 1 N–H and O–H groups in total. The van der Waals surface area contributed by atoms with Crippen LogP contribution in [-0.4, -0.2) is 33.3 Å². The van der Waals surface area contributed by atoms with Gasteiger partial charge in [-0.25, -0.2) is 18.8 Å². The van der Waals surface area contributed by atoms with Gasteiger partial charge in [0, 0.05) is 36.7 Å². The van der Waals surface area contributed by atoms with Crippen LogP contribution >= 0.6 is 0 Å². The summed E-state index contributed by atoms with van der Waals surface area (Å²) < 4.78 is 27.5. The highest BCUT2D eigenvalue weighted by atomic mass is 19.3. The van der Waals surface area contributed by atoms with Gasteiger partial charge in [0.25, 0.3) is 5.92 Å². The summed E-state index contributed by atoms with van der Waals surface area (Å²) in [4.78, 5) is 10.3. The molecule has 1 saturated carbocycles. The first-order valence-corrected chi connectivity index (χ1v) is 8.45. The standard InChI is InChI=1S/C20H15F2N3O/c21-20(22)11-19(20)10-17-24-16-9-13(4-6-14-3-1-2-8-23-14)5-7-15(16)18(26)25(17)12-19/h1-3,5,7-9,18,26H,10-12H2. The third-order valence-corrected chi connectivity index (χ3v) is 5.37. The third kappa shape index (κ3) is 2.24. The summed E-state index contributed by atoms with van der Waals surface area (Å²) in [5.41, 5.74) is 1.58. The molecule has 1 saturated heterocycles. The smallest absolute Gasteiger partial charge is 0.256 e. The lowest BCUT2D eigenvalue weighted by molar-refractivity contribution is 0.0276. The Bertz CT molecular complexity index is 993. The summed E-state index contributed by atoms with van der Waals surface area (Å²) in [5.74, 6) is 3.89. The SMILES string of the molecule is OC1c2ccc(C#Cc3ccccn3)cc2N=C2CC3(CN21)CC3(F)F. The van der Waals surface area contributed by atoms with Crippen LogP contribution < -0.4 is 0 Å². The Hall–Kier alpha value is -2.78. The van der Waals surface area contributed by atoms with Gasteiger partial charge in [-0.05, 0) is 30.2 Å². The van der Waals surface area contributed by atoms with Crippen molar-refractivity contribution < 1.29 is 13.9 Å². The second kappa shape index (κ2) is 5.12. The van der Waals surface area contributed by atoms with Gasteiger partial charge >= 0.3 is 0 Å². The number of halogens is 2. The fourth-order valence-electron chi connectivity index (χ4n) is 3.77. The van der Waals surface area contributed by atoms with Gasteiger partial charge in [0.05, 0.1) is 11.1 Å². The number of aliphatic imine (C=N–C) groups is 1. The van der Waals surface area contributed by atoms with Gasteiger partial charge in [0.1, 0.15) is 11.5 Å². The molecule has 5 rings (SSSR count). The van der Waals surface area contributed by atoms with Crippen molar-refractivity contribution in [3.8, 4) is 11.8 Å². The summed E-state index contributed by atoms with van der Waals surface area (Å²) in [6.45, 7) is 0.153. The van der Waals surface area contributed by atoms with Crippen molar-refractivity contribution in [3.63, 3.8) is 0 Å². The molecule has 2 atom stereocenters. The fourth-order valence-corrected chi connectivity index (χ4v) is 3.77. The molecule has 0 bridgehead atoms. The molecule has 1 aromatic heterocycles. The molecular weight excluding hydrogens is 336 g/mol. The average molecular weight is 351 g/mol. The average Bonchev–Trinajstić information content (AvgIpc) is 2.97. The highest BCUT2D eigenvalue weighted by molar-refractivity contribution is 5.91. The molecule has 2 fully saturated rings. The first kappa shape index (κ1) is 15.5. The van der Waals surface area contributed by atoms with Crippen molar-refractivity contribution in [1.29, 1.82) is 0 Å². The van der Waals surface area contributed by atoms with E-state index in [0.717, 1.165) is 5.56 Å². The van der Waals surface area contributed by atoms with Gasteiger partial charge in [0.15, 0.2) is 6.23 Å². The largest absolute Gasteiger partial charge is 0.369 e. The van der Waals surface area contributed by atoms with Gasteiger partial charge in [-0.1, -0.05) is 18.1 Å². The number of pyridine rings is 1. The minimum atomic E-state index is -2.65. The summed E-state index contributed by atoms with van der Waals surface area (Å²) in [6.07, 6.45) is 0.822. The molecule has 6 heteroatoms. The molecule has 26 heavy (non-hydrogen) atoms. The molecule has 3 heterocycles. The molecule has 2 aliphatic heterocycles. The van der Waals surface area contributed by atoms with Crippen LogP contribution in [0.3, 0.4) is 0 Å². The molecular formula is C20H15F2N3O. The zero-order valence-electron chi connectivity index (χ0n) is 13.8. The molecule has 0 amide bonds. The Morgan fingerprint density at radius 1 is 1.19 bits per heavy atom. The van der Waals surface area contributed by atoms with Gasteiger partial charge in [-0.15, -0.1) is 0 Å². The number of nitrogens with zero attached hydrogens (tertiary/aromatic N) is 3. The Morgan fingerprint density at radius 2 is 2.04 bits per heavy atom. The molecule has 2 aromatic rings. The van der Waals surface area contributed by atoms with E-state index < -0.39 is 17.6 Å². The summed E-state index contributed by atoms with van der Waals surface area (Å²) in [7, 11) is 0. The van der Waals surface area contributed by atoms with E-state index in [2.05, 4.69) is 21.8 Å². The maximum Gasteiger partial charge on any atom is 0.256 e. The monoisotopic (exact) mass is 351 g/mol. The van der Waals surface area contributed by atoms with Crippen molar-refractivity contribution >= 4 is 11.5 Å². The number of alkyl halides is 2. The maximum atomic E-state index is 13.7.